The summed E-state index contributed by atoms with van der Waals surface area (Å²) in [6, 6.07) is 8.31. The van der Waals surface area contributed by atoms with Crippen LogP contribution in [0, 0.1) is 0 Å². The average molecular weight is 483 g/mol. The molecule has 9 nitrogen and oxygen atoms in total. The van der Waals surface area contributed by atoms with Crippen LogP contribution in [0.15, 0.2) is 41.7 Å². The average Bonchev–Trinajstić information content (AvgIpc) is 3.36. The number of nitrogens with zero attached hydrogens (tertiary/aromatic N) is 5. The van der Waals surface area contributed by atoms with E-state index in [0.29, 0.717) is 43.6 Å². The Morgan fingerprint density at radius 1 is 1.06 bits per heavy atom. The van der Waals surface area contributed by atoms with Crippen molar-refractivity contribution in [2.75, 3.05) is 31.1 Å². The number of piperazine rings is 1. The van der Waals surface area contributed by atoms with E-state index in [1.807, 2.05) is 39.9 Å². The van der Waals surface area contributed by atoms with Gasteiger partial charge >= 0.3 is 5.97 Å². The maximum absolute atomic E-state index is 12.5. The van der Waals surface area contributed by atoms with Gasteiger partial charge in [0.15, 0.2) is 11.7 Å². The van der Waals surface area contributed by atoms with Crippen LogP contribution in [0.1, 0.15) is 70.7 Å². The summed E-state index contributed by atoms with van der Waals surface area (Å²) in [6.45, 7) is 7.27. The second-order valence-corrected chi connectivity index (χ2v) is 9.10. The van der Waals surface area contributed by atoms with Gasteiger partial charge in [0.25, 0.3) is 0 Å². The van der Waals surface area contributed by atoms with Gasteiger partial charge in [0.1, 0.15) is 0 Å². The Bertz CT molecular complexity index is 993. The Balaban J connectivity index is 1.46. The Hall–Kier alpha value is -3.36. The van der Waals surface area contributed by atoms with Gasteiger partial charge in [-0.2, -0.15) is 0 Å². The van der Waals surface area contributed by atoms with Crippen LogP contribution in [0.5, 0.6) is 0 Å². The predicted octanol–water partition coefficient (Wildman–Crippen LogP) is 3.96. The number of anilines is 1. The molecule has 1 fully saturated rings. The molecule has 35 heavy (non-hydrogen) atoms. The summed E-state index contributed by atoms with van der Waals surface area (Å²) in [5, 5.41) is 8.67. The summed E-state index contributed by atoms with van der Waals surface area (Å²) in [4.78, 5) is 36.2. The van der Waals surface area contributed by atoms with Gasteiger partial charge in [0.2, 0.25) is 5.91 Å². The highest BCUT2D eigenvalue weighted by Crippen LogP contribution is 2.22. The zero-order valence-electron chi connectivity index (χ0n) is 20.9. The predicted molar refractivity (Wildman–Crippen MR) is 138 cm³/mol. The molecule has 1 atom stereocenters. The Kier molecular flexibility index (Phi) is 9.69. The molecule has 0 bridgehead atoms. The van der Waals surface area contributed by atoms with Crippen LogP contribution < -0.4 is 10.6 Å². The molecule has 0 radical (unpaired) electrons. The fourth-order valence-corrected chi connectivity index (χ4v) is 4.27. The van der Waals surface area contributed by atoms with Crippen molar-refractivity contribution in [2.45, 2.75) is 64.8 Å². The first-order valence-electron chi connectivity index (χ1n) is 12.6. The summed E-state index contributed by atoms with van der Waals surface area (Å²) >= 11 is 0. The minimum absolute atomic E-state index is 0.193. The van der Waals surface area contributed by atoms with Crippen molar-refractivity contribution < 1.29 is 14.7 Å². The van der Waals surface area contributed by atoms with Gasteiger partial charge in [-0.25, -0.2) is 9.98 Å². The lowest BCUT2D eigenvalue weighted by atomic mass is 10.1. The van der Waals surface area contributed by atoms with Crippen molar-refractivity contribution in [1.82, 2.24) is 14.5 Å². The number of carboxylic acids is 1. The number of imidazole rings is 1. The third-order valence-electron chi connectivity index (χ3n) is 6.59. The number of carboxylic acid groups (broad SMARTS) is 1. The normalized spacial score (nSPS) is 15.3. The standard InChI is InChI=1S/C26H38N6O3/c1-3-20(2)32-15-14-28-26(32)25(27)29-21-10-12-22(13-11-21)30-16-18-31(19-17-30)23(33)8-6-4-5-7-9-24(34)35/h10-15,20H,3-9,16-19H2,1-2H3,(H2,27,29)(H,34,35)/t20-/m1/s1. The molecular formula is C26H38N6O3. The van der Waals surface area contributed by atoms with Crippen LogP contribution in [-0.2, 0) is 9.59 Å². The zero-order chi connectivity index (χ0) is 25.2. The van der Waals surface area contributed by atoms with E-state index in [4.69, 9.17) is 10.8 Å². The van der Waals surface area contributed by atoms with E-state index in [-0.39, 0.29) is 12.3 Å². The van der Waals surface area contributed by atoms with Gasteiger partial charge in [0, 0.05) is 63.1 Å². The number of carbonyl (C=O) groups is 2. The first-order chi connectivity index (χ1) is 16.9. The van der Waals surface area contributed by atoms with E-state index in [1.165, 1.54) is 0 Å². The topological polar surface area (TPSA) is 117 Å². The van der Waals surface area contributed by atoms with Crippen molar-refractivity contribution in [3.8, 4) is 0 Å². The van der Waals surface area contributed by atoms with Crippen LogP contribution >= 0.6 is 0 Å². The maximum Gasteiger partial charge on any atom is 0.303 e. The smallest absolute Gasteiger partial charge is 0.303 e. The first kappa shape index (κ1) is 26.2. The number of benzene rings is 1. The number of aliphatic carboxylic acids is 1. The van der Waals surface area contributed by atoms with Crippen LogP contribution in [0.2, 0.25) is 0 Å². The number of carbonyl (C=O) groups excluding carboxylic acids is 1. The van der Waals surface area contributed by atoms with Gasteiger partial charge in [-0.05, 0) is 50.5 Å². The van der Waals surface area contributed by atoms with Crippen molar-refractivity contribution in [3.05, 3.63) is 42.5 Å². The first-order valence-corrected chi connectivity index (χ1v) is 12.6. The van der Waals surface area contributed by atoms with Crippen LogP contribution in [0.4, 0.5) is 11.4 Å². The molecule has 190 valence electrons. The molecule has 2 heterocycles. The maximum atomic E-state index is 12.5. The molecule has 3 rings (SSSR count). The molecule has 1 saturated heterocycles. The van der Waals surface area contributed by atoms with Gasteiger partial charge < -0.3 is 25.2 Å². The van der Waals surface area contributed by atoms with E-state index in [0.717, 1.165) is 50.1 Å². The largest absolute Gasteiger partial charge is 0.481 e. The molecule has 1 aromatic heterocycles. The van der Waals surface area contributed by atoms with Crippen LogP contribution in [-0.4, -0.2) is 63.4 Å². The minimum atomic E-state index is -0.754. The summed E-state index contributed by atoms with van der Waals surface area (Å²) < 4.78 is 2.05. The number of aliphatic imine (C=N–C) groups is 1. The number of rotatable bonds is 12. The zero-order valence-corrected chi connectivity index (χ0v) is 20.9. The van der Waals surface area contributed by atoms with E-state index >= 15 is 0 Å². The number of amides is 1. The monoisotopic (exact) mass is 482 g/mol. The lowest BCUT2D eigenvalue weighted by Crippen LogP contribution is -2.48. The molecule has 0 aliphatic carbocycles. The summed E-state index contributed by atoms with van der Waals surface area (Å²) in [7, 11) is 0. The second-order valence-electron chi connectivity index (χ2n) is 9.10. The number of hydrogen-bond acceptors (Lipinski definition) is 5. The Labute approximate surface area is 207 Å². The van der Waals surface area contributed by atoms with Crippen molar-refractivity contribution in [1.29, 1.82) is 0 Å². The molecule has 1 aromatic carbocycles. The molecule has 0 unspecified atom stereocenters. The van der Waals surface area contributed by atoms with E-state index in [2.05, 4.69) is 28.7 Å². The highest BCUT2D eigenvalue weighted by Gasteiger charge is 2.21. The van der Waals surface area contributed by atoms with Crippen molar-refractivity contribution in [2.24, 2.45) is 10.7 Å². The van der Waals surface area contributed by atoms with Gasteiger partial charge in [-0.1, -0.05) is 19.8 Å². The summed E-state index contributed by atoms with van der Waals surface area (Å²) in [5.74, 6) is 0.524. The van der Waals surface area contributed by atoms with E-state index in [1.54, 1.807) is 6.20 Å². The minimum Gasteiger partial charge on any atom is -0.481 e. The van der Waals surface area contributed by atoms with Crippen molar-refractivity contribution in [3.63, 3.8) is 0 Å². The van der Waals surface area contributed by atoms with Gasteiger partial charge in [0.05, 0.1) is 5.69 Å². The SMILES string of the molecule is CC[C@@H](C)n1ccnc1C(N)=Nc1ccc(N2CCN(C(=O)CCCCCCC(=O)O)CC2)cc1. The van der Waals surface area contributed by atoms with Gasteiger partial charge in [-0.15, -0.1) is 0 Å². The van der Waals surface area contributed by atoms with Crippen molar-refractivity contribution >= 4 is 29.1 Å². The third kappa shape index (κ3) is 7.56. The number of aromatic nitrogens is 2. The molecule has 0 saturated carbocycles. The van der Waals surface area contributed by atoms with Crippen LogP contribution in [0.3, 0.4) is 0 Å². The molecule has 1 amide bonds. The van der Waals surface area contributed by atoms with E-state index < -0.39 is 5.97 Å². The Morgan fingerprint density at radius 3 is 2.34 bits per heavy atom. The fraction of sp³-hybridized carbons (Fsp3) is 0.538. The number of hydrogen-bond donors (Lipinski definition) is 2. The highest BCUT2D eigenvalue weighted by atomic mass is 16.4. The molecule has 9 heteroatoms. The third-order valence-corrected chi connectivity index (χ3v) is 6.59. The fourth-order valence-electron chi connectivity index (χ4n) is 4.27. The van der Waals surface area contributed by atoms with E-state index in [9.17, 15) is 9.59 Å². The lowest BCUT2D eigenvalue weighted by Gasteiger charge is -2.36. The Morgan fingerprint density at radius 2 is 1.71 bits per heavy atom. The quantitative estimate of drug-likeness (QED) is 0.269. The van der Waals surface area contributed by atoms with Crippen LogP contribution in [0.25, 0.3) is 0 Å². The molecule has 0 spiro atoms. The summed E-state index contributed by atoms with van der Waals surface area (Å²) in [6.07, 6.45) is 8.68. The lowest BCUT2D eigenvalue weighted by molar-refractivity contribution is -0.137. The molecule has 3 N–H and O–H groups in total. The molecular weight excluding hydrogens is 444 g/mol. The number of nitrogens with two attached hydrogens (primary N) is 1. The molecule has 2 aromatic rings. The highest BCUT2D eigenvalue weighted by molar-refractivity contribution is 5.96. The number of amidine groups is 1. The van der Waals surface area contributed by atoms with Gasteiger partial charge in [-0.3, -0.25) is 9.59 Å². The molecule has 1 aliphatic heterocycles. The number of unbranched alkanes of at least 4 members (excludes halogenated alkanes) is 3. The second kappa shape index (κ2) is 12.9. The molecule has 1 aliphatic rings. The summed E-state index contributed by atoms with van der Waals surface area (Å²) in [5.41, 5.74) is 8.14.